The molecule has 43 heavy (non-hydrogen) atoms. The van der Waals surface area contributed by atoms with Crippen molar-refractivity contribution < 1.29 is 27.3 Å². The fourth-order valence-electron chi connectivity index (χ4n) is 5.47. The maximum absolute atomic E-state index is 13.9. The number of rotatable bonds is 5. The normalized spacial score (nSPS) is 22.3. The van der Waals surface area contributed by atoms with E-state index in [0.717, 1.165) is 0 Å². The predicted octanol–water partition coefficient (Wildman–Crippen LogP) is 3.94. The van der Waals surface area contributed by atoms with Gasteiger partial charge in [0.05, 0.1) is 22.3 Å². The van der Waals surface area contributed by atoms with Crippen molar-refractivity contribution >= 4 is 45.5 Å². The number of benzene rings is 1. The Kier molecular flexibility index (Phi) is 7.84. The van der Waals surface area contributed by atoms with Gasteiger partial charge in [-0.05, 0) is 67.9 Å². The van der Waals surface area contributed by atoms with Gasteiger partial charge in [0, 0.05) is 36.8 Å². The van der Waals surface area contributed by atoms with Gasteiger partial charge in [-0.25, -0.2) is 27.2 Å². The lowest BCUT2D eigenvalue weighted by Gasteiger charge is -2.44. The van der Waals surface area contributed by atoms with E-state index in [4.69, 9.17) is 14.0 Å². The van der Waals surface area contributed by atoms with Crippen LogP contribution in [0.3, 0.4) is 0 Å². The molecule has 2 fully saturated rings. The number of ether oxygens (including phenoxy) is 1. The molecule has 232 valence electrons. The lowest BCUT2D eigenvalue weighted by molar-refractivity contribution is 0.00578. The zero-order chi connectivity index (χ0) is 31.5. The van der Waals surface area contributed by atoms with Gasteiger partial charge < -0.3 is 23.8 Å². The van der Waals surface area contributed by atoms with Crippen LogP contribution in [0, 0.1) is 0 Å². The van der Waals surface area contributed by atoms with Gasteiger partial charge in [-0.15, -0.1) is 0 Å². The smallest absolute Gasteiger partial charge is 0.444 e. The number of piperazine rings is 1. The number of carbonyl (C=O) groups excluding carboxylic acids is 1. The predicted molar refractivity (Wildman–Crippen MR) is 167 cm³/mol. The fraction of sp³-hybridized carbons (Fsp3) is 0.567. The largest absolute Gasteiger partial charge is 0.497 e. The van der Waals surface area contributed by atoms with Crippen molar-refractivity contribution in [2.75, 3.05) is 18.0 Å². The zero-order valence-corrected chi connectivity index (χ0v) is 27.3. The van der Waals surface area contributed by atoms with Gasteiger partial charge in [0.1, 0.15) is 17.7 Å². The minimum absolute atomic E-state index is 0.155. The third-order valence-corrected chi connectivity index (χ3v) is 10.0. The molecule has 0 saturated carbocycles. The molecule has 11 nitrogen and oxygen atoms in total. The third-order valence-electron chi connectivity index (χ3n) is 8.45. The molecular weight excluding hydrogens is 569 g/mol. The van der Waals surface area contributed by atoms with Crippen molar-refractivity contribution in [3.05, 3.63) is 48.4 Å². The van der Waals surface area contributed by atoms with E-state index in [0.29, 0.717) is 35.3 Å². The first-order chi connectivity index (χ1) is 19.9. The van der Waals surface area contributed by atoms with Gasteiger partial charge in [-0.2, -0.15) is 0 Å². The average molecular weight is 612 g/mol. The molecule has 0 N–H and O–H groups in total. The van der Waals surface area contributed by atoms with Crippen LogP contribution >= 0.6 is 0 Å². The Bertz CT molecular complexity index is 1600. The molecule has 2 aliphatic heterocycles. The van der Waals surface area contributed by atoms with Crippen LogP contribution < -0.4 is 10.4 Å². The van der Waals surface area contributed by atoms with E-state index < -0.39 is 33.9 Å². The molecular formula is C30H42BN5O6S. The van der Waals surface area contributed by atoms with Crippen molar-refractivity contribution in [1.82, 2.24) is 18.8 Å². The molecule has 1 amide bonds. The van der Waals surface area contributed by atoms with Gasteiger partial charge in [-0.1, -0.05) is 30.3 Å². The van der Waals surface area contributed by atoms with Crippen LogP contribution in [0.1, 0.15) is 67.9 Å². The molecule has 0 bridgehead atoms. The Morgan fingerprint density at radius 1 is 1.02 bits per heavy atom. The number of hydrogen-bond donors (Lipinski definition) is 0. The molecule has 5 rings (SSSR count). The van der Waals surface area contributed by atoms with Gasteiger partial charge >= 0.3 is 13.2 Å². The van der Waals surface area contributed by atoms with E-state index in [1.165, 1.54) is 10.3 Å². The first-order valence-electron chi connectivity index (χ1n) is 14.7. The highest BCUT2D eigenvalue weighted by molar-refractivity contribution is 7.89. The summed E-state index contributed by atoms with van der Waals surface area (Å²) in [6, 6.07) is 8.69. The summed E-state index contributed by atoms with van der Waals surface area (Å²) in [5.41, 5.74) is -0.453. The van der Waals surface area contributed by atoms with E-state index in [9.17, 15) is 13.2 Å². The molecule has 0 aliphatic carbocycles. The standard InChI is InChI=1S/C30H42BN5O6S/c1-20-16-35(27(37)40-28(3,4)5)21(2)15-34(20)25-24-23(31-41-29(6,7)30(8,9)42-31)17-36(26(24)33-19-32-25)43(38,39)18-22-13-11-10-12-14-22/h10-14,17,19-21H,15-16,18H2,1-9H3/t20-,21+/m0/s1. The number of carbonyl (C=O) groups is 1. The number of fused-ring (bicyclic) bond motifs is 1. The number of anilines is 1. The SMILES string of the molecule is C[C@@H]1CN(c2ncnc3c2c(B2OC(C)(C)C(C)(C)O2)cn3S(=O)(=O)Cc2ccccc2)[C@@H](C)CN1C(=O)OC(C)(C)C. The van der Waals surface area contributed by atoms with Gasteiger partial charge in [0.2, 0.25) is 10.0 Å². The number of amides is 1. The second kappa shape index (κ2) is 10.8. The molecule has 0 radical (unpaired) electrons. The summed E-state index contributed by atoms with van der Waals surface area (Å²) < 4.78 is 47.5. The number of nitrogens with zero attached hydrogens (tertiary/aromatic N) is 5. The van der Waals surface area contributed by atoms with Crippen molar-refractivity contribution in [3.8, 4) is 0 Å². The second-order valence-corrected chi connectivity index (χ2v) is 15.4. The highest BCUT2D eigenvalue weighted by atomic mass is 32.2. The van der Waals surface area contributed by atoms with Crippen molar-refractivity contribution in [2.45, 2.75) is 97.0 Å². The highest BCUT2D eigenvalue weighted by Crippen LogP contribution is 2.38. The van der Waals surface area contributed by atoms with Gasteiger partial charge in [0.15, 0.2) is 5.65 Å². The molecule has 13 heteroatoms. The first-order valence-corrected chi connectivity index (χ1v) is 16.3. The molecule has 3 aromatic rings. The molecule has 0 spiro atoms. The topological polar surface area (TPSA) is 116 Å². The van der Waals surface area contributed by atoms with Crippen LogP contribution in [0.25, 0.3) is 11.0 Å². The van der Waals surface area contributed by atoms with E-state index in [-0.39, 0.29) is 29.6 Å². The average Bonchev–Trinajstić information content (AvgIpc) is 3.39. The molecule has 0 unspecified atom stereocenters. The summed E-state index contributed by atoms with van der Waals surface area (Å²) in [5, 5.41) is 0.544. The number of hydrogen-bond acceptors (Lipinski definition) is 9. The Morgan fingerprint density at radius 2 is 1.65 bits per heavy atom. The van der Waals surface area contributed by atoms with Crippen molar-refractivity contribution in [1.29, 1.82) is 0 Å². The lowest BCUT2D eigenvalue weighted by atomic mass is 9.79. The molecule has 1 aromatic carbocycles. The monoisotopic (exact) mass is 611 g/mol. The first kappa shape index (κ1) is 31.3. The van der Waals surface area contributed by atoms with E-state index in [1.54, 1.807) is 23.2 Å². The van der Waals surface area contributed by atoms with E-state index in [1.807, 2.05) is 80.5 Å². The zero-order valence-electron chi connectivity index (χ0n) is 26.5. The van der Waals surface area contributed by atoms with Gasteiger partial charge in [-0.3, -0.25) is 0 Å². The van der Waals surface area contributed by atoms with Gasteiger partial charge in [0.25, 0.3) is 0 Å². The molecule has 2 atom stereocenters. The molecule has 4 heterocycles. The Hall–Kier alpha value is -3.16. The second-order valence-electron chi connectivity index (χ2n) is 13.6. The Morgan fingerprint density at radius 3 is 2.26 bits per heavy atom. The summed E-state index contributed by atoms with van der Waals surface area (Å²) in [6.07, 6.45) is 2.59. The molecule has 2 aromatic heterocycles. The van der Waals surface area contributed by atoms with Crippen molar-refractivity contribution in [2.24, 2.45) is 0 Å². The fourth-order valence-corrected chi connectivity index (χ4v) is 6.90. The van der Waals surface area contributed by atoms with E-state index in [2.05, 4.69) is 14.9 Å². The van der Waals surface area contributed by atoms with Crippen LogP contribution in [0.4, 0.5) is 10.6 Å². The maximum atomic E-state index is 13.9. The van der Waals surface area contributed by atoms with Crippen LogP contribution in [0.15, 0.2) is 42.9 Å². The summed E-state index contributed by atoms with van der Waals surface area (Å²) in [6.45, 7) is 18.2. The summed E-state index contributed by atoms with van der Waals surface area (Å²) >= 11 is 0. The minimum Gasteiger partial charge on any atom is -0.444 e. The molecule has 2 aliphatic rings. The van der Waals surface area contributed by atoms with E-state index >= 15 is 0 Å². The summed E-state index contributed by atoms with van der Waals surface area (Å²) in [5.74, 6) is 0.355. The van der Waals surface area contributed by atoms with Crippen LogP contribution in [0.5, 0.6) is 0 Å². The molecule has 2 saturated heterocycles. The highest BCUT2D eigenvalue weighted by Gasteiger charge is 2.53. The third kappa shape index (κ3) is 5.99. The maximum Gasteiger partial charge on any atom is 0.497 e. The van der Waals surface area contributed by atoms with Crippen LogP contribution in [-0.4, -0.2) is 82.4 Å². The van der Waals surface area contributed by atoms with Crippen molar-refractivity contribution in [3.63, 3.8) is 0 Å². The summed E-state index contributed by atoms with van der Waals surface area (Å²) in [4.78, 5) is 26.0. The summed E-state index contributed by atoms with van der Waals surface area (Å²) in [7, 11) is -4.73. The quantitative estimate of drug-likeness (QED) is 0.396. The number of aromatic nitrogens is 3. The van der Waals surface area contributed by atoms with Crippen LogP contribution in [0.2, 0.25) is 0 Å². The minimum atomic E-state index is -3.89. The van der Waals surface area contributed by atoms with Crippen LogP contribution in [-0.2, 0) is 29.8 Å². The Labute approximate surface area is 254 Å². The lowest BCUT2D eigenvalue weighted by Crippen LogP contribution is -2.59. The Balaban J connectivity index is 1.60.